The zero-order chi connectivity index (χ0) is 29.5. The minimum Gasteiger partial charge on any atom is -0.459 e. The Morgan fingerprint density at radius 1 is 1.00 bits per heavy atom. The predicted molar refractivity (Wildman–Crippen MR) is 156 cm³/mol. The molecule has 1 atom stereocenters. The van der Waals surface area contributed by atoms with Crippen molar-refractivity contribution in [2.45, 2.75) is 56.2 Å². The highest BCUT2D eigenvalue weighted by molar-refractivity contribution is 7.89. The van der Waals surface area contributed by atoms with E-state index in [4.69, 9.17) is 4.74 Å². The van der Waals surface area contributed by atoms with Gasteiger partial charge in [-0.15, -0.1) is 0 Å². The molecule has 218 valence electrons. The van der Waals surface area contributed by atoms with Gasteiger partial charge in [0, 0.05) is 49.3 Å². The Morgan fingerprint density at radius 2 is 1.68 bits per heavy atom. The van der Waals surface area contributed by atoms with Gasteiger partial charge in [-0.2, -0.15) is 4.72 Å². The van der Waals surface area contributed by atoms with Gasteiger partial charge in [-0.3, -0.25) is 9.59 Å². The average molecular weight is 581 g/mol. The number of sulfonamides is 1. The van der Waals surface area contributed by atoms with Crippen molar-refractivity contribution in [3.63, 3.8) is 0 Å². The van der Waals surface area contributed by atoms with Crippen molar-refractivity contribution < 1.29 is 22.7 Å². The second-order valence-corrected chi connectivity index (χ2v) is 12.5. The summed E-state index contributed by atoms with van der Waals surface area (Å²) in [6, 6.07) is 15.6. The fourth-order valence-electron chi connectivity index (χ4n) is 4.38. The molecule has 0 bridgehead atoms. The van der Waals surface area contributed by atoms with Gasteiger partial charge in [-0.25, -0.2) is 18.4 Å². The number of hydrogen-bond acceptors (Lipinski definition) is 9. The summed E-state index contributed by atoms with van der Waals surface area (Å²) >= 11 is 0. The zero-order valence-electron chi connectivity index (χ0n) is 23.4. The number of rotatable bonds is 10. The van der Waals surface area contributed by atoms with Gasteiger partial charge in [0.15, 0.2) is 0 Å². The molecule has 1 unspecified atom stereocenters. The van der Waals surface area contributed by atoms with E-state index in [0.717, 1.165) is 31.6 Å². The van der Waals surface area contributed by atoms with Gasteiger partial charge in [0.25, 0.3) is 5.91 Å². The van der Waals surface area contributed by atoms with E-state index in [9.17, 15) is 18.0 Å². The first-order chi connectivity index (χ1) is 19.5. The van der Waals surface area contributed by atoms with Crippen molar-refractivity contribution in [1.82, 2.24) is 20.0 Å². The highest BCUT2D eigenvalue weighted by atomic mass is 32.2. The van der Waals surface area contributed by atoms with Gasteiger partial charge in [0.2, 0.25) is 16.0 Å². The van der Waals surface area contributed by atoms with Crippen LogP contribution in [-0.4, -0.2) is 67.6 Å². The summed E-state index contributed by atoms with van der Waals surface area (Å²) in [6.45, 7) is 6.35. The lowest BCUT2D eigenvalue weighted by Crippen LogP contribution is -2.50. The van der Waals surface area contributed by atoms with Crippen molar-refractivity contribution in [3.8, 4) is 0 Å². The van der Waals surface area contributed by atoms with Crippen LogP contribution in [0.1, 0.15) is 44.0 Å². The highest BCUT2D eigenvalue weighted by Gasteiger charge is 2.30. The Balaban J connectivity index is 1.39. The molecular formula is C29H36N6O5S. The summed E-state index contributed by atoms with van der Waals surface area (Å²) in [6.07, 6.45) is 5.17. The van der Waals surface area contributed by atoms with Crippen LogP contribution in [0.5, 0.6) is 0 Å². The lowest BCUT2D eigenvalue weighted by atomic mass is 10.0. The first-order valence-electron chi connectivity index (χ1n) is 13.5. The number of anilines is 2. The maximum Gasteiger partial charge on any atom is 0.326 e. The fourth-order valence-corrected chi connectivity index (χ4v) is 5.59. The Morgan fingerprint density at radius 3 is 2.34 bits per heavy atom. The molecule has 1 amide bonds. The van der Waals surface area contributed by atoms with E-state index in [2.05, 4.69) is 30.2 Å². The number of nitrogens with one attached hydrogen (secondary N) is 3. The van der Waals surface area contributed by atoms with E-state index >= 15 is 0 Å². The molecule has 2 heterocycles. The number of benzene rings is 2. The molecule has 3 N–H and O–H groups in total. The molecule has 0 saturated carbocycles. The Labute approximate surface area is 240 Å². The van der Waals surface area contributed by atoms with Crippen molar-refractivity contribution >= 4 is 33.5 Å². The van der Waals surface area contributed by atoms with Crippen LogP contribution < -0.4 is 20.3 Å². The van der Waals surface area contributed by atoms with E-state index in [1.807, 2.05) is 6.07 Å². The normalized spacial score (nSPS) is 15.1. The summed E-state index contributed by atoms with van der Waals surface area (Å²) in [5, 5.41) is 6.05. The van der Waals surface area contributed by atoms with Gasteiger partial charge in [-0.05, 0) is 70.0 Å². The van der Waals surface area contributed by atoms with Gasteiger partial charge >= 0.3 is 5.97 Å². The molecule has 1 saturated heterocycles. The van der Waals surface area contributed by atoms with Crippen LogP contribution in [0, 0.1) is 0 Å². The van der Waals surface area contributed by atoms with Gasteiger partial charge in [0.1, 0.15) is 11.6 Å². The van der Waals surface area contributed by atoms with Crippen LogP contribution >= 0.6 is 0 Å². The summed E-state index contributed by atoms with van der Waals surface area (Å²) in [7, 11) is -4.04. The molecule has 1 aliphatic heterocycles. The second-order valence-electron chi connectivity index (χ2n) is 10.8. The van der Waals surface area contributed by atoms with Crippen LogP contribution in [0.3, 0.4) is 0 Å². The number of carbonyl (C=O) groups is 2. The molecule has 1 aliphatic rings. The Bertz CT molecular complexity index is 1420. The number of aromatic nitrogens is 2. The maximum atomic E-state index is 13.1. The van der Waals surface area contributed by atoms with E-state index < -0.39 is 33.5 Å². The molecule has 4 rings (SSSR count). The van der Waals surface area contributed by atoms with Gasteiger partial charge in [0.05, 0.1) is 4.90 Å². The molecule has 2 aromatic carbocycles. The molecule has 12 heteroatoms. The zero-order valence-corrected chi connectivity index (χ0v) is 24.2. The van der Waals surface area contributed by atoms with Crippen molar-refractivity contribution in [1.29, 1.82) is 0 Å². The van der Waals surface area contributed by atoms with Crippen molar-refractivity contribution in [2.24, 2.45) is 0 Å². The molecule has 0 spiro atoms. The number of esters is 1. The molecule has 0 aliphatic carbocycles. The first-order valence-corrected chi connectivity index (χ1v) is 15.0. The molecule has 1 fully saturated rings. The number of carbonyl (C=O) groups excluding carboxylic acids is 2. The van der Waals surface area contributed by atoms with Crippen LogP contribution in [0.15, 0.2) is 78.0 Å². The quantitative estimate of drug-likeness (QED) is 0.309. The van der Waals surface area contributed by atoms with Crippen LogP contribution in [0.4, 0.5) is 11.6 Å². The predicted octanol–water partition coefficient (Wildman–Crippen LogP) is 2.98. The lowest BCUT2D eigenvalue weighted by molar-refractivity contribution is -0.156. The Kier molecular flexibility index (Phi) is 9.56. The Hall–Kier alpha value is -4.03. The highest BCUT2D eigenvalue weighted by Crippen LogP contribution is 2.22. The summed E-state index contributed by atoms with van der Waals surface area (Å²) in [4.78, 5) is 36.7. The standard InChI is InChI=1S/C29H36N6O5S/c1-29(2,3)40-27(37)25(34-41(38,39)24-11-5-4-6-12-24)20-32-26(36)21-9-7-10-23(19-21)35-17-13-22(14-18-35)33-28-30-15-8-16-31-28/h4-12,15-16,19,22,25,34H,13-14,17-18,20H2,1-3H3,(H,32,36)(H,30,31,33). The lowest BCUT2D eigenvalue weighted by Gasteiger charge is -2.34. The smallest absolute Gasteiger partial charge is 0.326 e. The average Bonchev–Trinajstić information content (AvgIpc) is 2.95. The van der Waals surface area contributed by atoms with Gasteiger partial charge in [-0.1, -0.05) is 24.3 Å². The largest absolute Gasteiger partial charge is 0.459 e. The topological polar surface area (TPSA) is 143 Å². The van der Waals surface area contributed by atoms with Gasteiger partial charge < -0.3 is 20.3 Å². The van der Waals surface area contributed by atoms with E-state index in [-0.39, 0.29) is 17.5 Å². The SMILES string of the molecule is CC(C)(C)OC(=O)C(CNC(=O)c1cccc(N2CCC(Nc3ncccn3)CC2)c1)NS(=O)(=O)c1ccccc1. The number of hydrogen-bond donors (Lipinski definition) is 3. The number of amides is 1. The molecule has 0 radical (unpaired) electrons. The van der Waals surface area contributed by atoms with E-state index in [1.54, 1.807) is 75.6 Å². The van der Waals surface area contributed by atoms with E-state index in [1.165, 1.54) is 12.1 Å². The third kappa shape index (κ3) is 8.73. The summed E-state index contributed by atoms with van der Waals surface area (Å²) in [5.41, 5.74) is 0.456. The molecule has 41 heavy (non-hydrogen) atoms. The number of piperidine rings is 1. The third-order valence-corrected chi connectivity index (χ3v) is 7.86. The minimum absolute atomic E-state index is 0.00264. The van der Waals surface area contributed by atoms with Crippen LogP contribution in [0.25, 0.3) is 0 Å². The van der Waals surface area contributed by atoms with Crippen LogP contribution in [0.2, 0.25) is 0 Å². The maximum absolute atomic E-state index is 13.1. The molecule has 11 nitrogen and oxygen atoms in total. The second kappa shape index (κ2) is 13.1. The first kappa shape index (κ1) is 29.9. The van der Waals surface area contributed by atoms with Crippen molar-refractivity contribution in [3.05, 3.63) is 78.6 Å². The number of nitrogens with zero attached hydrogens (tertiary/aromatic N) is 3. The summed E-state index contributed by atoms with van der Waals surface area (Å²) in [5.74, 6) is -0.610. The van der Waals surface area contributed by atoms with Crippen LogP contribution in [-0.2, 0) is 19.6 Å². The molecular weight excluding hydrogens is 544 g/mol. The molecule has 1 aromatic heterocycles. The fraction of sp³-hybridized carbons (Fsp3) is 0.379. The monoisotopic (exact) mass is 580 g/mol. The van der Waals surface area contributed by atoms with Crippen molar-refractivity contribution in [2.75, 3.05) is 29.9 Å². The number of ether oxygens (including phenoxy) is 1. The third-order valence-electron chi connectivity index (χ3n) is 6.38. The molecule has 3 aromatic rings. The minimum atomic E-state index is -4.04. The summed E-state index contributed by atoms with van der Waals surface area (Å²) < 4.78 is 33.7. The van der Waals surface area contributed by atoms with E-state index in [0.29, 0.717) is 11.5 Å².